The van der Waals surface area contributed by atoms with Gasteiger partial charge in [-0.05, 0) is 18.6 Å². The molecule has 0 saturated carbocycles. The number of benzene rings is 1. The van der Waals surface area contributed by atoms with Crippen LogP contribution in [0, 0.1) is 6.92 Å². The minimum Gasteiger partial charge on any atom is -0.488 e. The van der Waals surface area contributed by atoms with Gasteiger partial charge in [0.1, 0.15) is 11.9 Å². The Morgan fingerprint density at radius 1 is 1.22 bits per heavy atom. The number of hydrogen-bond acceptors (Lipinski definition) is 5. The molecule has 2 aliphatic rings. The molecule has 2 saturated heterocycles. The van der Waals surface area contributed by atoms with E-state index in [4.69, 9.17) is 14.2 Å². The Morgan fingerprint density at radius 3 is 2.81 bits per heavy atom. The maximum atomic E-state index is 6.17. The Labute approximate surface area is 162 Å². The van der Waals surface area contributed by atoms with Crippen LogP contribution >= 0.6 is 0 Å². The van der Waals surface area contributed by atoms with Crippen molar-refractivity contribution in [2.24, 2.45) is 4.99 Å². The monoisotopic (exact) mass is 376 g/mol. The lowest BCUT2D eigenvalue weighted by Gasteiger charge is -2.26. The average molecular weight is 377 g/mol. The molecule has 0 spiro atoms. The van der Waals surface area contributed by atoms with Crippen LogP contribution in [-0.2, 0) is 16.0 Å². The Kier molecular flexibility index (Phi) is 7.74. The quantitative estimate of drug-likeness (QED) is 0.550. The normalized spacial score (nSPS) is 21.3. The molecule has 0 amide bonds. The average Bonchev–Trinajstić information content (AvgIpc) is 3.19. The first kappa shape index (κ1) is 19.9. The molecular weight excluding hydrogens is 344 g/mol. The highest BCUT2D eigenvalue weighted by Crippen LogP contribution is 2.23. The number of hydrogen-bond donors (Lipinski definition) is 2. The van der Waals surface area contributed by atoms with Crippen molar-refractivity contribution in [2.45, 2.75) is 26.0 Å². The molecule has 1 atom stereocenters. The van der Waals surface area contributed by atoms with Gasteiger partial charge in [-0.25, -0.2) is 0 Å². The zero-order chi connectivity index (χ0) is 18.9. The standard InChI is InChI=1S/C20H32N4O3/c1-16-3-4-17(19(13-16)27-18-5-10-26-15-18)14-23-20(21-2)22-6-7-24-8-11-25-12-9-24/h3-4,13,18H,5-12,14-15H2,1-2H3,(H2,21,22,23). The maximum Gasteiger partial charge on any atom is 0.191 e. The molecule has 0 aromatic heterocycles. The van der Waals surface area contributed by atoms with Gasteiger partial charge in [0, 0.05) is 51.8 Å². The number of nitrogens with zero attached hydrogens (tertiary/aromatic N) is 2. The molecule has 0 bridgehead atoms. The number of morpholine rings is 1. The van der Waals surface area contributed by atoms with Gasteiger partial charge in [-0.3, -0.25) is 9.89 Å². The highest BCUT2D eigenvalue weighted by Gasteiger charge is 2.19. The fourth-order valence-corrected chi connectivity index (χ4v) is 3.26. The second-order valence-corrected chi connectivity index (χ2v) is 7.02. The lowest BCUT2D eigenvalue weighted by molar-refractivity contribution is 0.0389. The highest BCUT2D eigenvalue weighted by molar-refractivity contribution is 5.79. The van der Waals surface area contributed by atoms with Crippen molar-refractivity contribution >= 4 is 5.96 Å². The Morgan fingerprint density at radius 2 is 2.07 bits per heavy atom. The summed E-state index contributed by atoms with van der Waals surface area (Å²) in [6.07, 6.45) is 1.10. The van der Waals surface area contributed by atoms with Gasteiger partial charge in [0.15, 0.2) is 5.96 Å². The van der Waals surface area contributed by atoms with Gasteiger partial charge >= 0.3 is 0 Å². The van der Waals surface area contributed by atoms with Crippen LogP contribution in [0.4, 0.5) is 0 Å². The van der Waals surface area contributed by atoms with Crippen LogP contribution < -0.4 is 15.4 Å². The minimum atomic E-state index is 0.150. The van der Waals surface area contributed by atoms with Gasteiger partial charge in [-0.15, -0.1) is 0 Å². The van der Waals surface area contributed by atoms with E-state index in [0.29, 0.717) is 13.2 Å². The summed E-state index contributed by atoms with van der Waals surface area (Å²) < 4.78 is 17.0. The predicted octanol–water partition coefficient (Wildman–Crippen LogP) is 1.16. The fraction of sp³-hybridized carbons (Fsp3) is 0.650. The number of ether oxygens (including phenoxy) is 3. The molecule has 2 fully saturated rings. The summed E-state index contributed by atoms with van der Waals surface area (Å²) in [4.78, 5) is 6.73. The highest BCUT2D eigenvalue weighted by atomic mass is 16.5. The van der Waals surface area contributed by atoms with Crippen molar-refractivity contribution in [1.29, 1.82) is 0 Å². The first-order valence-corrected chi connectivity index (χ1v) is 9.83. The molecule has 2 heterocycles. The number of aryl methyl sites for hydroxylation is 1. The van der Waals surface area contributed by atoms with Gasteiger partial charge in [-0.1, -0.05) is 12.1 Å². The zero-order valence-electron chi connectivity index (χ0n) is 16.5. The molecule has 1 unspecified atom stereocenters. The lowest BCUT2D eigenvalue weighted by Crippen LogP contribution is -2.44. The van der Waals surface area contributed by atoms with E-state index in [2.05, 4.69) is 45.6 Å². The Hall–Kier alpha value is -1.83. The largest absolute Gasteiger partial charge is 0.488 e. The van der Waals surface area contributed by atoms with Crippen LogP contribution in [0.2, 0.25) is 0 Å². The second-order valence-electron chi connectivity index (χ2n) is 7.02. The van der Waals surface area contributed by atoms with Crippen molar-refractivity contribution in [1.82, 2.24) is 15.5 Å². The molecule has 1 aromatic rings. The van der Waals surface area contributed by atoms with Gasteiger partial charge in [0.2, 0.25) is 0 Å². The van der Waals surface area contributed by atoms with Crippen LogP contribution in [0.25, 0.3) is 0 Å². The molecule has 7 nitrogen and oxygen atoms in total. The molecular formula is C20H32N4O3. The predicted molar refractivity (Wildman–Crippen MR) is 106 cm³/mol. The summed E-state index contributed by atoms with van der Waals surface area (Å²) in [5, 5.41) is 6.78. The van der Waals surface area contributed by atoms with Crippen LogP contribution in [0.15, 0.2) is 23.2 Å². The summed E-state index contributed by atoms with van der Waals surface area (Å²) in [6.45, 7) is 9.72. The van der Waals surface area contributed by atoms with Gasteiger partial charge in [0.25, 0.3) is 0 Å². The summed E-state index contributed by atoms with van der Waals surface area (Å²) in [6, 6.07) is 6.34. The van der Waals surface area contributed by atoms with Crippen LogP contribution in [0.3, 0.4) is 0 Å². The first-order chi connectivity index (χ1) is 13.2. The summed E-state index contributed by atoms with van der Waals surface area (Å²) >= 11 is 0. The van der Waals surface area contributed by atoms with E-state index in [1.54, 1.807) is 7.05 Å². The van der Waals surface area contributed by atoms with E-state index < -0.39 is 0 Å². The lowest BCUT2D eigenvalue weighted by atomic mass is 10.1. The number of rotatable bonds is 7. The number of guanidine groups is 1. The molecule has 3 rings (SSSR count). The maximum absolute atomic E-state index is 6.17. The van der Waals surface area contributed by atoms with Crippen molar-refractivity contribution in [3.05, 3.63) is 29.3 Å². The SMILES string of the molecule is CN=C(NCCN1CCOCC1)NCc1ccc(C)cc1OC1CCOC1. The van der Waals surface area contributed by atoms with Crippen LogP contribution in [0.1, 0.15) is 17.5 Å². The topological polar surface area (TPSA) is 67.4 Å². The third kappa shape index (κ3) is 6.37. The van der Waals surface area contributed by atoms with E-state index >= 15 is 0 Å². The van der Waals surface area contributed by atoms with Crippen LogP contribution in [-0.4, -0.2) is 76.6 Å². The molecule has 150 valence electrons. The number of aliphatic imine (C=N–C) groups is 1. The molecule has 2 N–H and O–H groups in total. The van der Waals surface area contributed by atoms with E-state index in [1.165, 1.54) is 5.56 Å². The Balaban J connectivity index is 1.48. The molecule has 0 radical (unpaired) electrons. The first-order valence-electron chi connectivity index (χ1n) is 9.83. The minimum absolute atomic E-state index is 0.150. The summed E-state index contributed by atoms with van der Waals surface area (Å²) in [5.74, 6) is 1.74. The van der Waals surface area contributed by atoms with E-state index in [1.807, 2.05) is 0 Å². The fourth-order valence-electron chi connectivity index (χ4n) is 3.26. The summed E-state index contributed by atoms with van der Waals surface area (Å²) in [5.41, 5.74) is 2.32. The van der Waals surface area contributed by atoms with Gasteiger partial charge in [-0.2, -0.15) is 0 Å². The molecule has 0 aliphatic carbocycles. The van der Waals surface area contributed by atoms with Crippen molar-refractivity contribution in [3.63, 3.8) is 0 Å². The van der Waals surface area contributed by atoms with Gasteiger partial charge in [0.05, 0.1) is 26.4 Å². The third-order valence-corrected chi connectivity index (χ3v) is 4.90. The smallest absolute Gasteiger partial charge is 0.191 e. The molecule has 2 aliphatic heterocycles. The Bertz CT molecular complexity index is 611. The molecule has 27 heavy (non-hydrogen) atoms. The van der Waals surface area contributed by atoms with Crippen molar-refractivity contribution in [2.75, 3.05) is 59.7 Å². The number of nitrogens with one attached hydrogen (secondary N) is 2. The van der Waals surface area contributed by atoms with Crippen molar-refractivity contribution in [3.8, 4) is 5.75 Å². The van der Waals surface area contributed by atoms with Crippen molar-refractivity contribution < 1.29 is 14.2 Å². The molecule has 7 heteroatoms. The zero-order valence-corrected chi connectivity index (χ0v) is 16.5. The van der Waals surface area contributed by atoms with E-state index in [0.717, 1.165) is 69.7 Å². The van der Waals surface area contributed by atoms with Gasteiger partial charge < -0.3 is 24.8 Å². The van der Waals surface area contributed by atoms with E-state index in [-0.39, 0.29) is 6.10 Å². The van der Waals surface area contributed by atoms with Crippen LogP contribution in [0.5, 0.6) is 5.75 Å². The second kappa shape index (κ2) is 10.5. The molecule has 1 aromatic carbocycles. The third-order valence-electron chi connectivity index (χ3n) is 4.90. The van der Waals surface area contributed by atoms with E-state index in [9.17, 15) is 0 Å². The summed E-state index contributed by atoms with van der Waals surface area (Å²) in [7, 11) is 1.80.